The third-order valence-corrected chi connectivity index (χ3v) is 1.95. The van der Waals surface area contributed by atoms with Gasteiger partial charge in [0, 0.05) is 0 Å². The molecule has 0 aromatic carbocycles. The lowest BCUT2D eigenvalue weighted by atomic mass is 10.3. The van der Waals surface area contributed by atoms with E-state index in [0.29, 0.717) is 0 Å². The van der Waals surface area contributed by atoms with Gasteiger partial charge >= 0.3 is 11.9 Å². The smallest absolute Gasteiger partial charge is 0.354 e. The molecule has 0 fully saturated rings. The summed E-state index contributed by atoms with van der Waals surface area (Å²) in [5.41, 5.74) is -0.149. The molecule has 2 N–H and O–H groups in total. The first-order valence-electron chi connectivity index (χ1n) is 3.75. The number of hydrogen-bond acceptors (Lipinski definition) is 4. The van der Waals surface area contributed by atoms with Crippen molar-refractivity contribution in [1.29, 1.82) is 0 Å². The van der Waals surface area contributed by atoms with E-state index in [9.17, 15) is 9.59 Å². The average molecular weight is 276 g/mol. The molecular formula is C8H6BrNO5. The standard InChI is InChI=1S/C8H6BrNO5/c9-7-5(15-3-6(11)12)2-1-4(10-7)8(13)14/h1-2H,3H2,(H,11,12)(H,13,14). The summed E-state index contributed by atoms with van der Waals surface area (Å²) >= 11 is 2.97. The van der Waals surface area contributed by atoms with E-state index < -0.39 is 18.5 Å². The Balaban J connectivity index is 2.83. The van der Waals surface area contributed by atoms with Crippen molar-refractivity contribution >= 4 is 27.9 Å². The van der Waals surface area contributed by atoms with Crippen molar-refractivity contribution in [1.82, 2.24) is 4.98 Å². The molecule has 0 bridgehead atoms. The number of pyridine rings is 1. The fraction of sp³-hybridized carbons (Fsp3) is 0.125. The summed E-state index contributed by atoms with van der Waals surface area (Å²) in [7, 11) is 0. The van der Waals surface area contributed by atoms with E-state index in [1.807, 2.05) is 0 Å². The quantitative estimate of drug-likeness (QED) is 0.796. The minimum Gasteiger partial charge on any atom is -0.479 e. The molecule has 0 spiro atoms. The number of carbonyl (C=O) groups is 2. The molecular weight excluding hydrogens is 270 g/mol. The van der Waals surface area contributed by atoms with Crippen LogP contribution >= 0.6 is 15.9 Å². The van der Waals surface area contributed by atoms with Gasteiger partial charge in [-0.1, -0.05) is 0 Å². The van der Waals surface area contributed by atoms with Gasteiger partial charge in [0.25, 0.3) is 0 Å². The molecule has 0 aliphatic rings. The normalized spacial score (nSPS) is 9.67. The predicted octanol–water partition coefficient (Wildman–Crippen LogP) is 1.01. The Kier molecular flexibility index (Phi) is 3.62. The van der Waals surface area contributed by atoms with Crippen molar-refractivity contribution in [2.45, 2.75) is 0 Å². The zero-order chi connectivity index (χ0) is 11.4. The SMILES string of the molecule is O=C(O)COc1ccc(C(=O)O)nc1Br. The predicted molar refractivity (Wildman–Crippen MR) is 52.0 cm³/mol. The third-order valence-electron chi connectivity index (χ3n) is 1.38. The third kappa shape index (κ3) is 3.21. The maximum absolute atomic E-state index is 10.5. The van der Waals surface area contributed by atoms with Crippen LogP contribution in [0.5, 0.6) is 5.75 Å². The second-order valence-corrected chi connectivity index (χ2v) is 3.22. The largest absolute Gasteiger partial charge is 0.479 e. The van der Waals surface area contributed by atoms with Crippen LogP contribution in [0.4, 0.5) is 0 Å². The van der Waals surface area contributed by atoms with Gasteiger partial charge in [0.15, 0.2) is 12.4 Å². The van der Waals surface area contributed by atoms with Gasteiger partial charge in [-0.25, -0.2) is 14.6 Å². The van der Waals surface area contributed by atoms with E-state index in [1.54, 1.807) is 0 Å². The van der Waals surface area contributed by atoms with Gasteiger partial charge < -0.3 is 14.9 Å². The Morgan fingerprint density at radius 2 is 2.07 bits per heavy atom. The zero-order valence-electron chi connectivity index (χ0n) is 7.31. The van der Waals surface area contributed by atoms with Crippen molar-refractivity contribution in [2.75, 3.05) is 6.61 Å². The summed E-state index contributed by atoms with van der Waals surface area (Å²) < 4.78 is 4.99. The number of aromatic nitrogens is 1. The van der Waals surface area contributed by atoms with Crippen LogP contribution in [-0.2, 0) is 4.79 Å². The highest BCUT2D eigenvalue weighted by Crippen LogP contribution is 2.22. The Hall–Kier alpha value is -1.63. The number of ether oxygens (including phenoxy) is 1. The van der Waals surface area contributed by atoms with Crippen LogP contribution in [0.15, 0.2) is 16.7 Å². The fourth-order valence-electron chi connectivity index (χ4n) is 0.788. The van der Waals surface area contributed by atoms with Crippen molar-refractivity contribution < 1.29 is 24.5 Å². The Labute approximate surface area is 92.6 Å². The van der Waals surface area contributed by atoms with E-state index in [-0.39, 0.29) is 16.0 Å². The maximum atomic E-state index is 10.5. The number of nitrogens with zero attached hydrogens (tertiary/aromatic N) is 1. The first-order valence-corrected chi connectivity index (χ1v) is 4.54. The van der Waals surface area contributed by atoms with Gasteiger partial charge in [0.1, 0.15) is 10.3 Å². The van der Waals surface area contributed by atoms with Crippen LogP contribution in [0.3, 0.4) is 0 Å². The monoisotopic (exact) mass is 275 g/mol. The summed E-state index contributed by atoms with van der Waals surface area (Å²) in [6, 6.07) is 2.56. The fourth-order valence-corrected chi connectivity index (χ4v) is 1.23. The lowest BCUT2D eigenvalue weighted by molar-refractivity contribution is -0.139. The van der Waals surface area contributed by atoms with E-state index in [0.717, 1.165) is 0 Å². The average Bonchev–Trinajstić information content (AvgIpc) is 2.15. The van der Waals surface area contributed by atoms with Gasteiger partial charge in [0.2, 0.25) is 0 Å². The number of rotatable bonds is 4. The van der Waals surface area contributed by atoms with Crippen molar-refractivity contribution in [3.05, 3.63) is 22.4 Å². The topological polar surface area (TPSA) is 96.7 Å². The summed E-state index contributed by atoms with van der Waals surface area (Å²) in [4.78, 5) is 24.4. The van der Waals surface area contributed by atoms with Crippen molar-refractivity contribution in [3.8, 4) is 5.75 Å². The molecule has 80 valence electrons. The summed E-state index contributed by atoms with van der Waals surface area (Å²) in [6.07, 6.45) is 0. The minimum absolute atomic E-state index is 0.149. The first kappa shape index (κ1) is 11.4. The van der Waals surface area contributed by atoms with Gasteiger partial charge in [-0.15, -0.1) is 0 Å². The van der Waals surface area contributed by atoms with E-state index in [1.165, 1.54) is 12.1 Å². The van der Waals surface area contributed by atoms with Gasteiger partial charge in [-0.3, -0.25) is 0 Å². The molecule has 0 radical (unpaired) electrons. The number of carboxylic acid groups (broad SMARTS) is 2. The summed E-state index contributed by atoms with van der Waals surface area (Å²) in [5, 5.41) is 17.0. The minimum atomic E-state index is -1.17. The zero-order valence-corrected chi connectivity index (χ0v) is 8.89. The second-order valence-electron chi connectivity index (χ2n) is 2.47. The number of hydrogen-bond donors (Lipinski definition) is 2. The van der Waals surface area contributed by atoms with Crippen LogP contribution in [0, 0.1) is 0 Å². The van der Waals surface area contributed by atoms with Gasteiger partial charge in [-0.2, -0.15) is 0 Å². The molecule has 6 nitrogen and oxygen atoms in total. The van der Waals surface area contributed by atoms with Crippen LogP contribution in [-0.4, -0.2) is 33.7 Å². The maximum Gasteiger partial charge on any atom is 0.354 e. The van der Waals surface area contributed by atoms with Crippen molar-refractivity contribution in [2.24, 2.45) is 0 Å². The second kappa shape index (κ2) is 4.74. The molecule has 1 rings (SSSR count). The van der Waals surface area contributed by atoms with Crippen LogP contribution < -0.4 is 4.74 Å². The van der Waals surface area contributed by atoms with E-state index in [2.05, 4.69) is 20.9 Å². The molecule has 0 aliphatic carbocycles. The molecule has 1 heterocycles. The van der Waals surface area contributed by atoms with Crippen LogP contribution in [0.1, 0.15) is 10.5 Å². The summed E-state index contributed by atoms with van der Waals surface area (Å²) in [5.74, 6) is -2.10. The van der Waals surface area contributed by atoms with E-state index >= 15 is 0 Å². The molecule has 7 heteroatoms. The Morgan fingerprint density at radius 3 is 2.53 bits per heavy atom. The summed E-state index contributed by atoms with van der Waals surface area (Å²) in [6.45, 7) is -0.507. The molecule has 15 heavy (non-hydrogen) atoms. The molecule has 0 aliphatic heterocycles. The number of halogens is 1. The van der Waals surface area contributed by atoms with Crippen molar-refractivity contribution in [3.63, 3.8) is 0 Å². The number of aliphatic carboxylic acids is 1. The van der Waals surface area contributed by atoms with E-state index in [4.69, 9.17) is 14.9 Å². The molecule has 1 aromatic rings. The molecule has 0 atom stereocenters. The molecule has 0 unspecified atom stereocenters. The Bertz CT molecular complexity index is 406. The Morgan fingerprint density at radius 1 is 1.40 bits per heavy atom. The van der Waals surface area contributed by atoms with Crippen LogP contribution in [0.2, 0.25) is 0 Å². The lowest BCUT2D eigenvalue weighted by Gasteiger charge is -2.04. The van der Waals surface area contributed by atoms with Crippen LogP contribution in [0.25, 0.3) is 0 Å². The lowest BCUT2D eigenvalue weighted by Crippen LogP contribution is -2.10. The first-order chi connectivity index (χ1) is 7.00. The molecule has 0 saturated carbocycles. The van der Waals surface area contributed by atoms with Gasteiger partial charge in [-0.05, 0) is 28.1 Å². The number of carboxylic acids is 2. The highest BCUT2D eigenvalue weighted by atomic mass is 79.9. The number of aromatic carboxylic acids is 1. The molecule has 0 saturated heterocycles. The highest BCUT2D eigenvalue weighted by Gasteiger charge is 2.10. The molecule has 1 aromatic heterocycles. The van der Waals surface area contributed by atoms with Gasteiger partial charge in [0.05, 0.1) is 0 Å². The molecule has 0 amide bonds. The highest BCUT2D eigenvalue weighted by molar-refractivity contribution is 9.10.